The lowest BCUT2D eigenvalue weighted by Crippen LogP contribution is -2.20. The number of carboxylic acids is 1. The summed E-state index contributed by atoms with van der Waals surface area (Å²) in [5.41, 5.74) is -1.07. The number of carboxylic acid groups (broad SMARTS) is 1. The number of alkyl halides is 3. The van der Waals surface area contributed by atoms with Gasteiger partial charge in [-0.3, -0.25) is 0 Å². The lowest BCUT2D eigenvalue weighted by Gasteiger charge is -2.14. The Morgan fingerprint density at radius 2 is 2.06 bits per heavy atom. The second-order valence-corrected chi connectivity index (χ2v) is 3.10. The van der Waals surface area contributed by atoms with Crippen LogP contribution in [0.5, 0.6) is 5.75 Å². The van der Waals surface area contributed by atoms with Crippen LogP contribution in [0.25, 0.3) is 0 Å². The highest BCUT2D eigenvalue weighted by atomic mass is 19.4. The first-order valence-corrected chi connectivity index (χ1v) is 4.29. The van der Waals surface area contributed by atoms with Gasteiger partial charge >= 0.3 is 12.3 Å². The van der Waals surface area contributed by atoms with E-state index in [4.69, 9.17) is 10.4 Å². The summed E-state index contributed by atoms with van der Waals surface area (Å²) in [6.45, 7) is 1.31. The number of aryl methyl sites for hydroxylation is 1. The summed E-state index contributed by atoms with van der Waals surface area (Å²) in [6, 6.07) is 3.77. The summed E-state index contributed by atoms with van der Waals surface area (Å²) in [5.74, 6) is -2.56. The molecular formula is C10H6F3NO3. The molecule has 7 heteroatoms. The van der Waals surface area contributed by atoms with Crippen LogP contribution < -0.4 is 4.74 Å². The molecule has 0 saturated heterocycles. The van der Waals surface area contributed by atoms with Crippen LogP contribution in [0.1, 0.15) is 21.5 Å². The molecule has 0 heterocycles. The molecule has 17 heavy (non-hydrogen) atoms. The predicted molar refractivity (Wildman–Crippen MR) is 49.5 cm³/mol. The number of carbonyl (C=O) groups is 1. The fourth-order valence-corrected chi connectivity index (χ4v) is 1.26. The standard InChI is InChI=1S/C10H6F3NO3/c1-5-2-3-6(4-14)8(7(5)9(15)16)17-10(11,12)13/h2-3H,1H3,(H,15,16). The Hall–Kier alpha value is -2.23. The van der Waals surface area contributed by atoms with Gasteiger partial charge in [0.1, 0.15) is 11.6 Å². The van der Waals surface area contributed by atoms with Gasteiger partial charge in [-0.2, -0.15) is 5.26 Å². The molecule has 0 aliphatic carbocycles. The van der Waals surface area contributed by atoms with Gasteiger partial charge in [0, 0.05) is 0 Å². The Kier molecular flexibility index (Phi) is 3.27. The van der Waals surface area contributed by atoms with Crippen LogP contribution in [0.4, 0.5) is 13.2 Å². The average molecular weight is 245 g/mol. The first kappa shape index (κ1) is 12.8. The summed E-state index contributed by atoms with van der Waals surface area (Å²) in [6.07, 6.45) is -5.05. The van der Waals surface area contributed by atoms with Crippen molar-refractivity contribution in [2.75, 3.05) is 0 Å². The summed E-state index contributed by atoms with van der Waals surface area (Å²) in [5, 5.41) is 17.4. The highest BCUT2D eigenvalue weighted by Crippen LogP contribution is 2.31. The maximum absolute atomic E-state index is 12.1. The monoisotopic (exact) mass is 245 g/mol. The van der Waals surface area contributed by atoms with Crippen molar-refractivity contribution in [1.29, 1.82) is 5.26 Å². The topological polar surface area (TPSA) is 70.3 Å². The van der Waals surface area contributed by atoms with E-state index in [0.717, 1.165) is 6.07 Å². The molecule has 1 aromatic rings. The number of rotatable bonds is 2. The van der Waals surface area contributed by atoms with Crippen molar-refractivity contribution in [3.63, 3.8) is 0 Å². The molecule has 0 aliphatic heterocycles. The quantitative estimate of drug-likeness (QED) is 0.868. The van der Waals surface area contributed by atoms with E-state index in [0.29, 0.717) is 0 Å². The maximum atomic E-state index is 12.1. The molecule has 1 N–H and O–H groups in total. The molecule has 1 rings (SSSR count). The van der Waals surface area contributed by atoms with Gasteiger partial charge in [-0.05, 0) is 18.6 Å². The van der Waals surface area contributed by atoms with Crippen molar-refractivity contribution in [3.8, 4) is 11.8 Å². The van der Waals surface area contributed by atoms with Crippen molar-refractivity contribution < 1.29 is 27.8 Å². The van der Waals surface area contributed by atoms with Crippen molar-refractivity contribution in [2.45, 2.75) is 13.3 Å². The third-order valence-electron chi connectivity index (χ3n) is 1.92. The van der Waals surface area contributed by atoms with Crippen LogP contribution in [-0.2, 0) is 0 Å². The van der Waals surface area contributed by atoms with Gasteiger partial charge in [-0.15, -0.1) is 13.2 Å². The summed E-state index contributed by atoms with van der Waals surface area (Å²) >= 11 is 0. The molecule has 90 valence electrons. The Labute approximate surface area is 93.8 Å². The normalized spacial score (nSPS) is 10.8. The second-order valence-electron chi connectivity index (χ2n) is 3.10. The first-order chi connectivity index (χ1) is 7.76. The minimum atomic E-state index is -5.05. The van der Waals surface area contributed by atoms with Crippen LogP contribution >= 0.6 is 0 Å². The molecule has 0 unspecified atom stereocenters. The Bertz CT molecular complexity index is 503. The number of nitriles is 1. The van der Waals surface area contributed by atoms with E-state index in [2.05, 4.69) is 4.74 Å². The molecule has 0 aromatic heterocycles. The van der Waals surface area contributed by atoms with E-state index in [9.17, 15) is 18.0 Å². The zero-order chi connectivity index (χ0) is 13.2. The van der Waals surface area contributed by atoms with Gasteiger partial charge in [0.15, 0.2) is 5.75 Å². The lowest BCUT2D eigenvalue weighted by atomic mass is 10.0. The van der Waals surface area contributed by atoms with E-state index < -0.39 is 29.2 Å². The fourth-order valence-electron chi connectivity index (χ4n) is 1.26. The molecule has 0 saturated carbocycles. The van der Waals surface area contributed by atoms with Crippen LogP contribution in [0.2, 0.25) is 0 Å². The van der Waals surface area contributed by atoms with E-state index >= 15 is 0 Å². The minimum absolute atomic E-state index is 0.0794. The third kappa shape index (κ3) is 2.87. The van der Waals surface area contributed by atoms with Gasteiger partial charge in [-0.1, -0.05) is 6.07 Å². The van der Waals surface area contributed by atoms with Gasteiger partial charge in [0.2, 0.25) is 0 Å². The molecule has 0 fully saturated rings. The number of nitrogens with zero attached hydrogens (tertiary/aromatic N) is 1. The summed E-state index contributed by atoms with van der Waals surface area (Å²) in [4.78, 5) is 10.8. The summed E-state index contributed by atoms with van der Waals surface area (Å²) in [7, 11) is 0. The van der Waals surface area contributed by atoms with Gasteiger partial charge in [0.25, 0.3) is 0 Å². The summed E-state index contributed by atoms with van der Waals surface area (Å²) < 4.78 is 39.9. The van der Waals surface area contributed by atoms with E-state index in [1.165, 1.54) is 19.1 Å². The minimum Gasteiger partial charge on any atom is -0.478 e. The lowest BCUT2D eigenvalue weighted by molar-refractivity contribution is -0.274. The van der Waals surface area contributed by atoms with E-state index in [-0.39, 0.29) is 5.56 Å². The van der Waals surface area contributed by atoms with E-state index in [1.54, 1.807) is 0 Å². The van der Waals surface area contributed by atoms with Crippen molar-refractivity contribution in [2.24, 2.45) is 0 Å². The van der Waals surface area contributed by atoms with Gasteiger partial charge in [0.05, 0.1) is 5.56 Å². The number of halogens is 3. The number of benzene rings is 1. The van der Waals surface area contributed by atoms with Crippen molar-refractivity contribution in [1.82, 2.24) is 0 Å². The third-order valence-corrected chi connectivity index (χ3v) is 1.92. The SMILES string of the molecule is Cc1ccc(C#N)c(OC(F)(F)F)c1C(=O)O. The van der Waals surface area contributed by atoms with Crippen molar-refractivity contribution in [3.05, 3.63) is 28.8 Å². The smallest absolute Gasteiger partial charge is 0.478 e. The average Bonchev–Trinajstić information content (AvgIpc) is 2.15. The zero-order valence-corrected chi connectivity index (χ0v) is 8.50. The molecule has 0 amide bonds. The molecule has 0 bridgehead atoms. The highest BCUT2D eigenvalue weighted by Gasteiger charge is 2.35. The molecule has 0 radical (unpaired) electrons. The predicted octanol–water partition coefficient (Wildman–Crippen LogP) is 2.46. The second kappa shape index (κ2) is 4.33. The molecular weight excluding hydrogens is 239 g/mol. The van der Waals surface area contributed by atoms with Crippen LogP contribution in [0.3, 0.4) is 0 Å². The number of aromatic carboxylic acids is 1. The van der Waals surface area contributed by atoms with Crippen molar-refractivity contribution >= 4 is 5.97 Å². The molecule has 1 aromatic carbocycles. The Balaban J connectivity index is 3.47. The van der Waals surface area contributed by atoms with Crippen LogP contribution in [0.15, 0.2) is 12.1 Å². The number of hydrogen-bond acceptors (Lipinski definition) is 3. The zero-order valence-electron chi connectivity index (χ0n) is 8.50. The largest absolute Gasteiger partial charge is 0.573 e. The molecule has 0 atom stereocenters. The number of ether oxygens (including phenoxy) is 1. The molecule has 0 spiro atoms. The maximum Gasteiger partial charge on any atom is 0.573 e. The van der Waals surface area contributed by atoms with Gasteiger partial charge < -0.3 is 9.84 Å². The van der Waals surface area contributed by atoms with Crippen LogP contribution in [-0.4, -0.2) is 17.4 Å². The Morgan fingerprint density at radius 3 is 2.47 bits per heavy atom. The Morgan fingerprint density at radius 1 is 1.47 bits per heavy atom. The highest BCUT2D eigenvalue weighted by molar-refractivity contribution is 5.93. The van der Waals surface area contributed by atoms with E-state index in [1.807, 2.05) is 0 Å². The first-order valence-electron chi connectivity index (χ1n) is 4.29. The molecule has 0 aliphatic rings. The molecule has 4 nitrogen and oxygen atoms in total. The fraction of sp³-hybridized carbons (Fsp3) is 0.200. The van der Waals surface area contributed by atoms with Gasteiger partial charge in [-0.25, -0.2) is 4.79 Å². The number of hydrogen-bond donors (Lipinski definition) is 1. The van der Waals surface area contributed by atoms with Crippen LogP contribution in [0, 0.1) is 18.3 Å².